The van der Waals surface area contributed by atoms with Gasteiger partial charge in [-0.2, -0.15) is 0 Å². The Kier molecular flexibility index (Phi) is 4.81. The van der Waals surface area contributed by atoms with E-state index < -0.39 is 0 Å². The van der Waals surface area contributed by atoms with Gasteiger partial charge in [-0.15, -0.1) is 0 Å². The average Bonchev–Trinajstić information content (AvgIpc) is 2.42. The van der Waals surface area contributed by atoms with E-state index in [-0.39, 0.29) is 0 Å². The minimum absolute atomic E-state index is 0.597. The number of anilines is 3. The third kappa shape index (κ3) is 4.20. The smallest absolute Gasteiger partial charge is 0.175 e. The lowest BCUT2D eigenvalue weighted by Gasteiger charge is -2.15. The Morgan fingerprint density at radius 2 is 1.62 bits per heavy atom. The maximum Gasteiger partial charge on any atom is 0.175 e. The van der Waals surface area contributed by atoms with Gasteiger partial charge in [0.1, 0.15) is 0 Å². The molecule has 0 fully saturated rings. The molecule has 21 heavy (non-hydrogen) atoms. The van der Waals surface area contributed by atoms with Gasteiger partial charge in [-0.3, -0.25) is 0 Å². The molecule has 2 rings (SSSR count). The van der Waals surface area contributed by atoms with Gasteiger partial charge in [0.15, 0.2) is 5.11 Å². The molecule has 0 aromatic heterocycles. The quantitative estimate of drug-likeness (QED) is 0.832. The van der Waals surface area contributed by atoms with Gasteiger partial charge in [0, 0.05) is 31.2 Å². The van der Waals surface area contributed by atoms with Gasteiger partial charge in [-0.1, -0.05) is 17.7 Å². The Balaban J connectivity index is 2.01. The van der Waals surface area contributed by atoms with Gasteiger partial charge in [0.2, 0.25) is 0 Å². The maximum absolute atomic E-state index is 5.36. The first-order valence-corrected chi connectivity index (χ1v) is 7.29. The molecule has 4 heteroatoms. The molecule has 0 amide bonds. The second-order valence-electron chi connectivity index (χ2n) is 5.34. The standard InChI is InChI=1S/C17H21N3S/c1-12-5-10-16(13(2)11-12)19-17(21)18-14-6-8-15(9-7-14)20(3)4/h5-11H,1-4H3,(H2,18,19,21). The highest BCUT2D eigenvalue weighted by atomic mass is 32.1. The fourth-order valence-electron chi connectivity index (χ4n) is 2.08. The number of hydrogen-bond donors (Lipinski definition) is 2. The van der Waals surface area contributed by atoms with E-state index in [4.69, 9.17) is 12.2 Å². The van der Waals surface area contributed by atoms with Gasteiger partial charge in [0.05, 0.1) is 0 Å². The molecule has 3 nitrogen and oxygen atoms in total. The molecule has 0 atom stereocenters. The van der Waals surface area contributed by atoms with Crippen molar-refractivity contribution >= 4 is 34.4 Å². The van der Waals surface area contributed by atoms with E-state index in [0.29, 0.717) is 5.11 Å². The third-order valence-corrected chi connectivity index (χ3v) is 3.48. The van der Waals surface area contributed by atoms with Crippen LogP contribution < -0.4 is 15.5 Å². The van der Waals surface area contributed by atoms with E-state index >= 15 is 0 Å². The highest BCUT2D eigenvalue weighted by molar-refractivity contribution is 7.80. The van der Waals surface area contributed by atoms with Crippen LogP contribution in [0.5, 0.6) is 0 Å². The SMILES string of the molecule is Cc1ccc(NC(=S)Nc2ccc(N(C)C)cc2)c(C)c1. The second-order valence-corrected chi connectivity index (χ2v) is 5.75. The van der Waals surface area contributed by atoms with Crippen molar-refractivity contribution in [2.75, 3.05) is 29.6 Å². The molecule has 0 saturated heterocycles. The zero-order valence-corrected chi connectivity index (χ0v) is 13.7. The summed E-state index contributed by atoms with van der Waals surface area (Å²) < 4.78 is 0. The first kappa shape index (κ1) is 15.3. The lowest BCUT2D eigenvalue weighted by Crippen LogP contribution is -2.19. The topological polar surface area (TPSA) is 27.3 Å². The van der Waals surface area contributed by atoms with Crippen molar-refractivity contribution in [3.63, 3.8) is 0 Å². The van der Waals surface area contributed by atoms with E-state index in [0.717, 1.165) is 17.1 Å². The van der Waals surface area contributed by atoms with Crippen molar-refractivity contribution in [1.82, 2.24) is 0 Å². The predicted molar refractivity (Wildman–Crippen MR) is 96.5 cm³/mol. The molecule has 0 unspecified atom stereocenters. The number of rotatable bonds is 3. The summed E-state index contributed by atoms with van der Waals surface area (Å²) in [5.74, 6) is 0. The lowest BCUT2D eigenvalue weighted by atomic mass is 10.1. The molecule has 0 bridgehead atoms. The third-order valence-electron chi connectivity index (χ3n) is 3.27. The van der Waals surface area contributed by atoms with E-state index in [1.807, 2.05) is 32.3 Å². The van der Waals surface area contributed by atoms with E-state index in [2.05, 4.69) is 53.6 Å². The highest BCUT2D eigenvalue weighted by Gasteiger charge is 2.02. The molecule has 2 aromatic rings. The Morgan fingerprint density at radius 1 is 0.952 bits per heavy atom. The molecule has 0 heterocycles. The number of thiocarbonyl (C=S) groups is 1. The number of nitrogens with one attached hydrogen (secondary N) is 2. The molecule has 2 N–H and O–H groups in total. The largest absolute Gasteiger partial charge is 0.378 e. The Morgan fingerprint density at radius 3 is 2.19 bits per heavy atom. The molecule has 0 aliphatic heterocycles. The van der Waals surface area contributed by atoms with Gasteiger partial charge < -0.3 is 15.5 Å². The highest BCUT2D eigenvalue weighted by Crippen LogP contribution is 2.18. The fourth-order valence-corrected chi connectivity index (χ4v) is 2.31. The molecule has 0 aliphatic rings. The molecular weight excluding hydrogens is 278 g/mol. The van der Waals surface area contributed by atoms with Crippen molar-refractivity contribution < 1.29 is 0 Å². The molecule has 110 valence electrons. The molecule has 0 aliphatic carbocycles. The van der Waals surface area contributed by atoms with Gasteiger partial charge in [-0.05, 0) is 62.0 Å². The van der Waals surface area contributed by atoms with Crippen molar-refractivity contribution in [2.24, 2.45) is 0 Å². The molecule has 0 spiro atoms. The van der Waals surface area contributed by atoms with E-state index in [9.17, 15) is 0 Å². The minimum atomic E-state index is 0.597. The Hall–Kier alpha value is -2.07. The summed E-state index contributed by atoms with van der Waals surface area (Å²) >= 11 is 5.36. The molecule has 0 radical (unpaired) electrons. The lowest BCUT2D eigenvalue weighted by molar-refractivity contribution is 1.13. The summed E-state index contributed by atoms with van der Waals surface area (Å²) in [6.07, 6.45) is 0. The van der Waals surface area contributed by atoms with Crippen LogP contribution in [0.4, 0.5) is 17.1 Å². The first-order chi connectivity index (χ1) is 9.95. The van der Waals surface area contributed by atoms with Crippen molar-refractivity contribution in [2.45, 2.75) is 13.8 Å². The zero-order chi connectivity index (χ0) is 15.4. The summed E-state index contributed by atoms with van der Waals surface area (Å²) in [6.45, 7) is 4.16. The maximum atomic E-state index is 5.36. The number of aryl methyl sites for hydroxylation is 2. The summed E-state index contributed by atoms with van der Waals surface area (Å²) in [6, 6.07) is 14.4. The summed E-state index contributed by atoms with van der Waals surface area (Å²) in [5, 5.41) is 7.03. The van der Waals surface area contributed by atoms with Gasteiger partial charge in [-0.25, -0.2) is 0 Å². The van der Waals surface area contributed by atoms with Crippen LogP contribution in [0.2, 0.25) is 0 Å². The summed E-state index contributed by atoms with van der Waals surface area (Å²) in [4.78, 5) is 2.07. The van der Waals surface area contributed by atoms with Gasteiger partial charge >= 0.3 is 0 Å². The second kappa shape index (κ2) is 6.59. The van der Waals surface area contributed by atoms with E-state index in [1.54, 1.807) is 0 Å². The van der Waals surface area contributed by atoms with Crippen molar-refractivity contribution in [3.8, 4) is 0 Å². The summed E-state index contributed by atoms with van der Waals surface area (Å²) in [7, 11) is 4.05. The minimum Gasteiger partial charge on any atom is -0.378 e. The molecular formula is C17H21N3S. The van der Waals surface area contributed by atoms with Crippen LogP contribution in [-0.4, -0.2) is 19.2 Å². The summed E-state index contributed by atoms with van der Waals surface area (Å²) in [5.41, 5.74) is 5.60. The van der Waals surface area contributed by atoms with Crippen molar-refractivity contribution in [1.29, 1.82) is 0 Å². The Labute approximate surface area is 132 Å². The Bertz CT molecular complexity index is 633. The monoisotopic (exact) mass is 299 g/mol. The normalized spacial score (nSPS) is 10.1. The van der Waals surface area contributed by atoms with Crippen molar-refractivity contribution in [3.05, 3.63) is 53.6 Å². The van der Waals surface area contributed by atoms with Crippen LogP contribution >= 0.6 is 12.2 Å². The van der Waals surface area contributed by atoms with Crippen LogP contribution in [0.15, 0.2) is 42.5 Å². The molecule has 2 aromatic carbocycles. The van der Waals surface area contributed by atoms with Crippen LogP contribution in [0.25, 0.3) is 0 Å². The zero-order valence-electron chi connectivity index (χ0n) is 12.9. The average molecular weight is 299 g/mol. The number of benzene rings is 2. The van der Waals surface area contributed by atoms with Crippen LogP contribution in [-0.2, 0) is 0 Å². The van der Waals surface area contributed by atoms with Crippen LogP contribution in [0.1, 0.15) is 11.1 Å². The fraction of sp³-hybridized carbons (Fsp3) is 0.235. The van der Waals surface area contributed by atoms with Crippen LogP contribution in [0.3, 0.4) is 0 Å². The predicted octanol–water partition coefficient (Wildman–Crippen LogP) is 4.18. The number of nitrogens with zero attached hydrogens (tertiary/aromatic N) is 1. The van der Waals surface area contributed by atoms with E-state index in [1.165, 1.54) is 11.1 Å². The number of hydrogen-bond acceptors (Lipinski definition) is 2. The molecule has 0 saturated carbocycles. The first-order valence-electron chi connectivity index (χ1n) is 6.88. The van der Waals surface area contributed by atoms with Gasteiger partial charge in [0.25, 0.3) is 0 Å². The van der Waals surface area contributed by atoms with Crippen LogP contribution in [0, 0.1) is 13.8 Å².